The van der Waals surface area contributed by atoms with Crippen LogP contribution in [0.1, 0.15) is 17.3 Å². The van der Waals surface area contributed by atoms with E-state index in [9.17, 15) is 19.3 Å². The SMILES string of the molecule is CC(=O)c1c(F)cccc1[N+](=O)[O-]. The van der Waals surface area contributed by atoms with Gasteiger partial charge in [0.15, 0.2) is 5.78 Å². The van der Waals surface area contributed by atoms with Gasteiger partial charge in [-0.25, -0.2) is 4.39 Å². The van der Waals surface area contributed by atoms with E-state index in [0.29, 0.717) is 0 Å². The van der Waals surface area contributed by atoms with Gasteiger partial charge in [0.2, 0.25) is 0 Å². The first-order valence-electron chi connectivity index (χ1n) is 3.48. The molecule has 68 valence electrons. The van der Waals surface area contributed by atoms with E-state index in [0.717, 1.165) is 19.1 Å². The highest BCUT2D eigenvalue weighted by Crippen LogP contribution is 2.21. The second kappa shape index (κ2) is 3.30. The van der Waals surface area contributed by atoms with E-state index in [1.165, 1.54) is 6.07 Å². The van der Waals surface area contributed by atoms with Crippen LogP contribution >= 0.6 is 0 Å². The first kappa shape index (κ1) is 9.31. The molecule has 0 amide bonds. The lowest BCUT2D eigenvalue weighted by Gasteiger charge is -1.98. The van der Waals surface area contributed by atoms with Gasteiger partial charge in [0.1, 0.15) is 11.4 Å². The van der Waals surface area contributed by atoms with Gasteiger partial charge in [-0.05, 0) is 13.0 Å². The fourth-order valence-electron chi connectivity index (χ4n) is 1.01. The van der Waals surface area contributed by atoms with Crippen LogP contribution in [0.5, 0.6) is 0 Å². The lowest BCUT2D eigenvalue weighted by Crippen LogP contribution is -2.02. The maximum atomic E-state index is 12.9. The predicted octanol–water partition coefficient (Wildman–Crippen LogP) is 1.94. The number of Topliss-reactive ketones (excluding diaryl/α,β-unsaturated/α-hetero) is 1. The lowest BCUT2D eigenvalue weighted by molar-refractivity contribution is -0.385. The summed E-state index contributed by atoms with van der Waals surface area (Å²) in [5, 5.41) is 10.4. The van der Waals surface area contributed by atoms with Gasteiger partial charge in [0.25, 0.3) is 5.69 Å². The third-order valence-corrected chi connectivity index (χ3v) is 1.54. The van der Waals surface area contributed by atoms with Crippen LogP contribution in [-0.2, 0) is 0 Å². The number of hydrogen-bond acceptors (Lipinski definition) is 3. The molecule has 1 rings (SSSR count). The van der Waals surface area contributed by atoms with E-state index >= 15 is 0 Å². The van der Waals surface area contributed by atoms with E-state index in [-0.39, 0.29) is 0 Å². The maximum absolute atomic E-state index is 12.9. The van der Waals surface area contributed by atoms with Crippen molar-refractivity contribution < 1.29 is 14.1 Å². The highest BCUT2D eigenvalue weighted by atomic mass is 19.1. The van der Waals surface area contributed by atoms with Crippen LogP contribution in [0.2, 0.25) is 0 Å². The van der Waals surface area contributed by atoms with Gasteiger partial charge in [-0.2, -0.15) is 0 Å². The normalized spacial score (nSPS) is 9.69. The van der Waals surface area contributed by atoms with Gasteiger partial charge in [0.05, 0.1) is 4.92 Å². The third kappa shape index (κ3) is 1.69. The minimum Gasteiger partial charge on any atom is -0.294 e. The summed E-state index contributed by atoms with van der Waals surface area (Å²) in [6, 6.07) is 3.31. The zero-order valence-electron chi connectivity index (χ0n) is 6.78. The molecule has 0 N–H and O–H groups in total. The van der Waals surface area contributed by atoms with Crippen molar-refractivity contribution in [3.8, 4) is 0 Å². The van der Waals surface area contributed by atoms with E-state index in [1.54, 1.807) is 0 Å². The predicted molar refractivity (Wildman–Crippen MR) is 43.1 cm³/mol. The largest absolute Gasteiger partial charge is 0.294 e. The number of halogens is 1. The van der Waals surface area contributed by atoms with E-state index in [4.69, 9.17) is 0 Å². The molecule has 13 heavy (non-hydrogen) atoms. The van der Waals surface area contributed by atoms with Gasteiger partial charge in [-0.3, -0.25) is 14.9 Å². The van der Waals surface area contributed by atoms with Crippen LogP contribution in [0, 0.1) is 15.9 Å². The van der Waals surface area contributed by atoms with Crippen LogP contribution in [0.25, 0.3) is 0 Å². The molecule has 0 saturated heterocycles. The standard InChI is InChI=1S/C8H6FNO3/c1-5(11)8-6(9)3-2-4-7(8)10(12)13/h2-4H,1H3. The highest BCUT2D eigenvalue weighted by Gasteiger charge is 2.20. The van der Waals surface area contributed by atoms with Crippen LogP contribution in [0.15, 0.2) is 18.2 Å². The summed E-state index contributed by atoms with van der Waals surface area (Å²) < 4.78 is 12.9. The Hall–Kier alpha value is -1.78. The van der Waals surface area contributed by atoms with E-state index in [2.05, 4.69) is 0 Å². The summed E-state index contributed by atoms with van der Waals surface area (Å²) in [4.78, 5) is 20.4. The Morgan fingerprint density at radius 2 is 2.15 bits per heavy atom. The molecule has 0 atom stereocenters. The number of nitro groups is 1. The zero-order valence-corrected chi connectivity index (χ0v) is 6.78. The molecule has 4 nitrogen and oxygen atoms in total. The van der Waals surface area contributed by atoms with Crippen molar-refractivity contribution >= 4 is 11.5 Å². The second-order valence-corrected chi connectivity index (χ2v) is 2.45. The Labute approximate surface area is 73.1 Å². The Morgan fingerprint density at radius 1 is 1.54 bits per heavy atom. The van der Waals surface area contributed by atoms with Crippen LogP contribution in [0.3, 0.4) is 0 Å². The van der Waals surface area contributed by atoms with Gasteiger partial charge < -0.3 is 0 Å². The Balaban J connectivity index is 3.43. The van der Waals surface area contributed by atoms with Crippen molar-refractivity contribution in [2.75, 3.05) is 0 Å². The third-order valence-electron chi connectivity index (χ3n) is 1.54. The van der Waals surface area contributed by atoms with Crippen molar-refractivity contribution in [2.24, 2.45) is 0 Å². The maximum Gasteiger partial charge on any atom is 0.283 e. The number of nitrogens with zero attached hydrogens (tertiary/aromatic N) is 1. The Bertz CT molecular complexity index is 376. The molecule has 0 fully saturated rings. The molecule has 0 radical (unpaired) electrons. The van der Waals surface area contributed by atoms with Crippen molar-refractivity contribution in [3.63, 3.8) is 0 Å². The quantitative estimate of drug-likeness (QED) is 0.400. The fraction of sp³-hybridized carbons (Fsp3) is 0.125. The molecule has 0 saturated carbocycles. The van der Waals surface area contributed by atoms with Gasteiger partial charge in [0, 0.05) is 6.07 Å². The molecular formula is C8H6FNO3. The topological polar surface area (TPSA) is 60.2 Å². The highest BCUT2D eigenvalue weighted by molar-refractivity contribution is 5.98. The van der Waals surface area contributed by atoms with Gasteiger partial charge in [-0.1, -0.05) is 6.07 Å². The minimum atomic E-state index is -0.860. The number of ketones is 1. The van der Waals surface area contributed by atoms with Crippen LogP contribution in [-0.4, -0.2) is 10.7 Å². The number of carbonyl (C=O) groups is 1. The second-order valence-electron chi connectivity index (χ2n) is 2.45. The van der Waals surface area contributed by atoms with Crippen LogP contribution in [0.4, 0.5) is 10.1 Å². The molecule has 0 aliphatic carbocycles. The Morgan fingerprint density at radius 3 is 2.54 bits per heavy atom. The average molecular weight is 183 g/mol. The number of hydrogen-bond donors (Lipinski definition) is 0. The fourth-order valence-corrected chi connectivity index (χ4v) is 1.01. The van der Waals surface area contributed by atoms with Crippen molar-refractivity contribution in [3.05, 3.63) is 39.7 Å². The molecule has 1 aromatic rings. The summed E-state index contributed by atoms with van der Waals surface area (Å²) in [7, 11) is 0. The van der Waals surface area contributed by atoms with Crippen molar-refractivity contribution in [1.29, 1.82) is 0 Å². The monoisotopic (exact) mass is 183 g/mol. The molecule has 0 spiro atoms. The molecule has 0 aliphatic heterocycles. The number of rotatable bonds is 2. The smallest absolute Gasteiger partial charge is 0.283 e. The molecule has 5 heteroatoms. The molecule has 0 heterocycles. The van der Waals surface area contributed by atoms with Crippen LogP contribution < -0.4 is 0 Å². The lowest BCUT2D eigenvalue weighted by atomic mass is 10.1. The number of nitro benzene ring substituents is 1. The van der Waals surface area contributed by atoms with Gasteiger partial charge >= 0.3 is 0 Å². The van der Waals surface area contributed by atoms with Gasteiger partial charge in [-0.15, -0.1) is 0 Å². The summed E-state index contributed by atoms with van der Waals surface area (Å²) in [5.41, 5.74) is -0.958. The van der Waals surface area contributed by atoms with Crippen molar-refractivity contribution in [1.82, 2.24) is 0 Å². The number of carbonyl (C=O) groups excluding carboxylic acids is 1. The summed E-state index contributed by atoms with van der Waals surface area (Å²) in [5.74, 6) is -1.51. The minimum absolute atomic E-state index is 0.465. The number of benzene rings is 1. The molecule has 0 bridgehead atoms. The first-order valence-corrected chi connectivity index (χ1v) is 3.48. The average Bonchev–Trinajstić information content (AvgIpc) is 2.02. The van der Waals surface area contributed by atoms with Crippen molar-refractivity contribution in [2.45, 2.75) is 6.92 Å². The molecule has 0 aliphatic rings. The molecule has 0 aromatic heterocycles. The zero-order chi connectivity index (χ0) is 10.0. The summed E-state index contributed by atoms with van der Waals surface area (Å²) >= 11 is 0. The summed E-state index contributed by atoms with van der Waals surface area (Å²) in [6.45, 7) is 1.09. The molecular weight excluding hydrogens is 177 g/mol. The molecule has 1 aromatic carbocycles. The molecule has 0 unspecified atom stereocenters. The van der Waals surface area contributed by atoms with E-state index < -0.39 is 27.8 Å². The van der Waals surface area contributed by atoms with E-state index in [1.807, 2.05) is 0 Å². The Kier molecular flexibility index (Phi) is 2.36. The first-order chi connectivity index (χ1) is 6.04. The summed E-state index contributed by atoms with van der Waals surface area (Å²) in [6.07, 6.45) is 0.